The molecule has 0 saturated carbocycles. The second-order valence-electron chi connectivity index (χ2n) is 6.94. The Labute approximate surface area is 162 Å². The summed E-state index contributed by atoms with van der Waals surface area (Å²) in [6, 6.07) is 25.5. The van der Waals surface area contributed by atoms with Crippen LogP contribution in [0.4, 0.5) is 0 Å². The van der Waals surface area contributed by atoms with Crippen LogP contribution in [-0.2, 0) is 12.8 Å². The van der Waals surface area contributed by atoms with Crippen LogP contribution < -0.4 is 9.67 Å². The molecule has 0 saturated heterocycles. The summed E-state index contributed by atoms with van der Waals surface area (Å²) in [7, 11) is 0. The Morgan fingerprint density at radius 2 is 1.57 bits per heavy atom. The quantitative estimate of drug-likeness (QED) is 0.524. The molecule has 28 heavy (non-hydrogen) atoms. The Balaban J connectivity index is 1.85. The van der Waals surface area contributed by atoms with Crippen LogP contribution in [0.15, 0.2) is 85.1 Å². The number of benzene rings is 3. The number of fused-ring (bicyclic) bond motifs is 3. The molecule has 0 amide bonds. The number of aromatic nitrogens is 2. The van der Waals surface area contributed by atoms with E-state index in [1.807, 2.05) is 48.5 Å². The molecule has 1 aliphatic heterocycles. The number of hydrogen-bond acceptors (Lipinski definition) is 2. The van der Waals surface area contributed by atoms with Crippen LogP contribution in [0.25, 0.3) is 22.6 Å². The van der Waals surface area contributed by atoms with Gasteiger partial charge in [-0.3, -0.25) is 0 Å². The molecule has 0 spiro atoms. The molecule has 1 aliphatic rings. The van der Waals surface area contributed by atoms with E-state index >= 15 is 0 Å². The third-order valence-electron chi connectivity index (χ3n) is 5.33. The number of carboxylic acids is 1. The van der Waals surface area contributed by atoms with E-state index in [9.17, 15) is 9.90 Å². The first-order valence-electron chi connectivity index (χ1n) is 9.35. The second kappa shape index (κ2) is 6.50. The highest BCUT2D eigenvalue weighted by molar-refractivity contribution is 5.90. The summed E-state index contributed by atoms with van der Waals surface area (Å²) in [5.74, 6) is -0.107. The van der Waals surface area contributed by atoms with Gasteiger partial charge in [-0.2, -0.15) is 9.13 Å². The van der Waals surface area contributed by atoms with E-state index in [4.69, 9.17) is 0 Å². The van der Waals surface area contributed by atoms with Crippen molar-refractivity contribution in [2.24, 2.45) is 0 Å². The molecule has 0 atom stereocenters. The van der Waals surface area contributed by atoms with Gasteiger partial charge in [-0.1, -0.05) is 60.7 Å². The topological polar surface area (TPSA) is 48.9 Å². The number of aryl methyl sites for hydroxylation is 1. The molecule has 5 rings (SSSR count). The molecule has 0 radical (unpaired) electrons. The Kier molecular flexibility index (Phi) is 3.83. The predicted octanol–water partition coefficient (Wildman–Crippen LogP) is 2.88. The minimum atomic E-state index is -1.17. The van der Waals surface area contributed by atoms with Crippen molar-refractivity contribution in [3.05, 3.63) is 102 Å². The molecular weight excluding hydrogens is 348 g/mol. The van der Waals surface area contributed by atoms with Crippen molar-refractivity contribution in [3.63, 3.8) is 0 Å². The number of nitrogens with zero attached hydrogens (tertiary/aromatic N) is 2. The van der Waals surface area contributed by atoms with Gasteiger partial charge >= 0.3 is 0 Å². The van der Waals surface area contributed by atoms with Crippen molar-refractivity contribution >= 4 is 5.97 Å². The van der Waals surface area contributed by atoms with E-state index in [0.29, 0.717) is 5.69 Å². The van der Waals surface area contributed by atoms with Crippen LogP contribution in [0, 0.1) is 0 Å². The van der Waals surface area contributed by atoms with Gasteiger partial charge in [0.2, 0.25) is 0 Å². The van der Waals surface area contributed by atoms with E-state index in [1.54, 1.807) is 12.1 Å². The van der Waals surface area contributed by atoms with Gasteiger partial charge in [0.1, 0.15) is 17.6 Å². The van der Waals surface area contributed by atoms with Gasteiger partial charge in [-0.25, -0.2) is 0 Å². The van der Waals surface area contributed by atoms with Gasteiger partial charge < -0.3 is 9.90 Å². The van der Waals surface area contributed by atoms with E-state index in [0.717, 1.165) is 35.6 Å². The summed E-state index contributed by atoms with van der Waals surface area (Å²) in [4.78, 5) is 11.8. The maximum Gasteiger partial charge on any atom is 0.267 e. The molecule has 0 fully saturated rings. The first-order chi connectivity index (χ1) is 13.7. The van der Waals surface area contributed by atoms with Gasteiger partial charge in [-0.15, -0.1) is 0 Å². The van der Waals surface area contributed by atoms with Crippen molar-refractivity contribution < 1.29 is 14.5 Å². The highest BCUT2D eigenvalue weighted by Gasteiger charge is 2.32. The fraction of sp³-hybridized carbons (Fsp3) is 0.0833. The highest BCUT2D eigenvalue weighted by Crippen LogP contribution is 2.30. The monoisotopic (exact) mass is 366 g/mol. The lowest BCUT2D eigenvalue weighted by atomic mass is 10.0. The number of carboxylic acid groups (broad SMARTS) is 1. The number of carbonyl (C=O) groups excluding carboxylic acids is 1. The lowest BCUT2D eigenvalue weighted by molar-refractivity contribution is -0.606. The van der Waals surface area contributed by atoms with Crippen LogP contribution >= 0.6 is 0 Å². The van der Waals surface area contributed by atoms with Crippen molar-refractivity contribution in [1.29, 1.82) is 0 Å². The SMILES string of the molecule is O=C([O-])c1ccccc1-n1c(-c2ccccc2)c[n+]2c1CCc1ccccc1-2. The Hall–Kier alpha value is -3.66. The maximum absolute atomic E-state index is 11.8. The number of carbonyl (C=O) groups is 1. The lowest BCUT2D eigenvalue weighted by Crippen LogP contribution is -2.39. The molecule has 4 aromatic rings. The summed E-state index contributed by atoms with van der Waals surface area (Å²) < 4.78 is 4.25. The van der Waals surface area contributed by atoms with E-state index < -0.39 is 5.97 Å². The fourth-order valence-electron chi connectivity index (χ4n) is 4.07. The van der Waals surface area contributed by atoms with Crippen molar-refractivity contribution in [2.45, 2.75) is 12.8 Å². The zero-order chi connectivity index (χ0) is 19.1. The third kappa shape index (κ3) is 2.54. The van der Waals surface area contributed by atoms with E-state index in [2.05, 4.69) is 33.5 Å². The average Bonchev–Trinajstić information content (AvgIpc) is 3.14. The van der Waals surface area contributed by atoms with Crippen LogP contribution in [0.5, 0.6) is 0 Å². The number of hydrogen-bond donors (Lipinski definition) is 0. The van der Waals surface area contributed by atoms with Crippen LogP contribution in [-0.4, -0.2) is 10.5 Å². The molecule has 0 aliphatic carbocycles. The molecule has 4 nitrogen and oxygen atoms in total. The maximum atomic E-state index is 11.8. The molecule has 0 N–H and O–H groups in total. The Morgan fingerprint density at radius 3 is 2.39 bits per heavy atom. The normalized spacial score (nSPS) is 12.3. The average molecular weight is 366 g/mol. The number of aromatic carboxylic acids is 1. The Morgan fingerprint density at radius 1 is 0.857 bits per heavy atom. The summed E-state index contributed by atoms with van der Waals surface area (Å²) >= 11 is 0. The van der Waals surface area contributed by atoms with Crippen LogP contribution in [0.2, 0.25) is 0 Å². The molecule has 4 heteroatoms. The lowest BCUT2D eigenvalue weighted by Gasteiger charge is -2.15. The van der Waals surface area contributed by atoms with Crippen LogP contribution in [0.3, 0.4) is 0 Å². The first-order valence-corrected chi connectivity index (χ1v) is 9.35. The minimum Gasteiger partial charge on any atom is -0.545 e. The highest BCUT2D eigenvalue weighted by atomic mass is 16.4. The first kappa shape index (κ1) is 16.5. The molecular formula is C24H18N2O2. The van der Waals surface area contributed by atoms with Gasteiger partial charge in [-0.05, 0) is 30.2 Å². The minimum absolute atomic E-state index is 0.192. The van der Waals surface area contributed by atoms with Gasteiger partial charge in [0.15, 0.2) is 5.69 Å². The number of para-hydroxylation sites is 2. The number of imidazole rings is 1. The second-order valence-corrected chi connectivity index (χ2v) is 6.94. The smallest absolute Gasteiger partial charge is 0.267 e. The number of rotatable bonds is 3. The molecule has 0 bridgehead atoms. The summed E-state index contributed by atoms with van der Waals surface area (Å²) in [6.07, 6.45) is 3.85. The summed E-state index contributed by atoms with van der Waals surface area (Å²) in [5.41, 5.74) is 5.26. The zero-order valence-electron chi connectivity index (χ0n) is 15.2. The van der Waals surface area contributed by atoms with Crippen molar-refractivity contribution in [2.75, 3.05) is 0 Å². The molecule has 136 valence electrons. The summed E-state index contributed by atoms with van der Waals surface area (Å²) in [5, 5.41) is 11.8. The molecule has 2 heterocycles. The molecule has 0 unspecified atom stereocenters. The van der Waals surface area contributed by atoms with Gasteiger partial charge in [0, 0.05) is 11.1 Å². The van der Waals surface area contributed by atoms with Crippen molar-refractivity contribution in [3.8, 4) is 22.6 Å². The predicted molar refractivity (Wildman–Crippen MR) is 104 cm³/mol. The van der Waals surface area contributed by atoms with Crippen molar-refractivity contribution in [1.82, 2.24) is 4.57 Å². The Bertz CT molecular complexity index is 1190. The third-order valence-corrected chi connectivity index (χ3v) is 5.33. The van der Waals surface area contributed by atoms with E-state index in [-0.39, 0.29) is 5.56 Å². The standard InChI is InChI=1S/C24H18N2O2/c27-24(28)19-11-5-7-13-21(19)26-22(17-8-2-1-3-9-17)16-25-20-12-6-4-10-18(20)14-15-23(25)26/h1-13,16H,14-15H2. The fourth-order valence-corrected chi connectivity index (χ4v) is 4.07. The molecule has 1 aromatic heterocycles. The zero-order valence-corrected chi connectivity index (χ0v) is 15.2. The van der Waals surface area contributed by atoms with Gasteiger partial charge in [0.25, 0.3) is 5.82 Å². The van der Waals surface area contributed by atoms with Gasteiger partial charge in [0.05, 0.1) is 12.4 Å². The largest absolute Gasteiger partial charge is 0.545 e. The summed E-state index contributed by atoms with van der Waals surface area (Å²) in [6.45, 7) is 0. The molecule has 3 aromatic carbocycles. The van der Waals surface area contributed by atoms with E-state index in [1.165, 1.54) is 5.56 Å². The van der Waals surface area contributed by atoms with Crippen LogP contribution in [0.1, 0.15) is 21.7 Å².